The zero-order valence-corrected chi connectivity index (χ0v) is 26.2. The van der Waals surface area contributed by atoms with Crippen molar-refractivity contribution in [2.75, 3.05) is 31.0 Å². The van der Waals surface area contributed by atoms with Gasteiger partial charge in [0.15, 0.2) is 0 Å². The standard InChI is InChI=1S/C33H36IN3O5/c1-36(2)29-18-14-26(15-19-29)25-10-7-24(8-11-25)22-37(30-6-4-5-23(21-30)9-20-31(38)42-3)32(39)27-12-16-28(17-13-27)34-35-33(40)41/h4-11,14-15,18-21,27,35H,12-13,16-17,22H2,1-3H3,(H,40,41)/b20-9+. The van der Waals surface area contributed by atoms with E-state index in [0.29, 0.717) is 19.4 Å². The second-order valence-electron chi connectivity index (χ2n) is 10.3. The van der Waals surface area contributed by atoms with E-state index in [1.807, 2.05) is 43.3 Å². The first-order valence-electron chi connectivity index (χ1n) is 13.7. The van der Waals surface area contributed by atoms with Gasteiger partial charge in [0.1, 0.15) is 0 Å². The molecule has 9 heteroatoms. The molecule has 0 aromatic heterocycles. The molecule has 1 aliphatic carbocycles. The van der Waals surface area contributed by atoms with Crippen molar-refractivity contribution in [2.24, 2.45) is 5.92 Å². The van der Waals surface area contributed by atoms with E-state index in [9.17, 15) is 14.4 Å². The molecular weight excluding hydrogens is 645 g/mol. The van der Waals surface area contributed by atoms with E-state index in [0.717, 1.165) is 46.5 Å². The van der Waals surface area contributed by atoms with Crippen molar-refractivity contribution in [3.63, 3.8) is 0 Å². The molecule has 8 nitrogen and oxygen atoms in total. The van der Waals surface area contributed by atoms with Crippen molar-refractivity contribution in [1.82, 2.24) is 3.53 Å². The Morgan fingerprint density at radius 1 is 0.952 bits per heavy atom. The summed E-state index contributed by atoms with van der Waals surface area (Å²) in [5.74, 6) is -0.540. The predicted octanol–water partition coefficient (Wildman–Crippen LogP) is 6.65. The van der Waals surface area contributed by atoms with Gasteiger partial charge in [-0.1, -0.05) is 48.5 Å². The molecule has 2 amide bonds. The molecule has 4 rings (SSSR count). The summed E-state index contributed by atoms with van der Waals surface area (Å²) in [5.41, 5.74) is 5.92. The van der Waals surface area contributed by atoms with E-state index in [-0.39, 0.29) is 11.8 Å². The average Bonchev–Trinajstić information content (AvgIpc) is 3.02. The maximum atomic E-state index is 14.0. The van der Waals surface area contributed by atoms with Crippen LogP contribution in [0, 0.1) is 5.92 Å². The lowest BCUT2D eigenvalue weighted by molar-refractivity contribution is -0.134. The SMILES string of the molecule is COC(=O)/C=C/c1cccc(N(Cc2ccc(-c3ccc(N(C)C)cc3)cc2)C(=O)C2CCC(=INC(=O)O)CC2)c1. The summed E-state index contributed by atoms with van der Waals surface area (Å²) in [6, 6.07) is 24.3. The molecule has 0 unspecified atom stereocenters. The summed E-state index contributed by atoms with van der Waals surface area (Å²) in [6.45, 7) is 0.406. The lowest BCUT2D eigenvalue weighted by Gasteiger charge is -2.30. The number of halogens is 1. The van der Waals surface area contributed by atoms with E-state index in [2.05, 4.69) is 57.0 Å². The maximum Gasteiger partial charge on any atom is 0.413 e. The average molecular weight is 682 g/mol. The van der Waals surface area contributed by atoms with Crippen molar-refractivity contribution in [1.29, 1.82) is 0 Å². The van der Waals surface area contributed by atoms with Gasteiger partial charge in [0.05, 0.1) is 13.7 Å². The molecule has 220 valence electrons. The fraction of sp³-hybridized carbons (Fsp3) is 0.273. The molecule has 3 aromatic rings. The number of carbonyl (C=O) groups is 3. The van der Waals surface area contributed by atoms with E-state index >= 15 is 0 Å². The number of carbonyl (C=O) groups excluding carboxylic acids is 2. The number of amides is 2. The van der Waals surface area contributed by atoms with Crippen molar-refractivity contribution in [2.45, 2.75) is 32.2 Å². The largest absolute Gasteiger partial charge is 0.466 e. The topological polar surface area (TPSA) is 99.2 Å². The summed E-state index contributed by atoms with van der Waals surface area (Å²) < 4.78 is 8.49. The Morgan fingerprint density at radius 3 is 2.19 bits per heavy atom. The molecule has 1 fully saturated rings. The van der Waals surface area contributed by atoms with Crippen LogP contribution < -0.4 is 13.3 Å². The van der Waals surface area contributed by atoms with Gasteiger partial charge in [0.2, 0.25) is 5.91 Å². The molecule has 42 heavy (non-hydrogen) atoms. The second-order valence-corrected chi connectivity index (χ2v) is 12.9. The molecule has 2 N–H and O–H groups in total. The van der Waals surface area contributed by atoms with Gasteiger partial charge in [-0.15, -0.1) is 0 Å². The second kappa shape index (κ2) is 14.8. The number of esters is 1. The summed E-state index contributed by atoms with van der Waals surface area (Å²) in [7, 11) is 5.37. The molecule has 0 spiro atoms. The summed E-state index contributed by atoms with van der Waals surface area (Å²) in [4.78, 5) is 40.4. The van der Waals surface area contributed by atoms with Crippen molar-refractivity contribution in [3.05, 3.63) is 90.0 Å². The number of rotatable bonds is 9. The monoisotopic (exact) mass is 681 g/mol. The van der Waals surface area contributed by atoms with Crippen LogP contribution in [0.2, 0.25) is 0 Å². The number of ether oxygens (including phenoxy) is 1. The lowest BCUT2D eigenvalue weighted by Crippen LogP contribution is -2.37. The molecule has 3 aromatic carbocycles. The fourth-order valence-corrected chi connectivity index (χ4v) is 6.64. The molecule has 0 bridgehead atoms. The Labute approximate surface area is 257 Å². The Morgan fingerprint density at radius 2 is 1.60 bits per heavy atom. The van der Waals surface area contributed by atoms with Gasteiger partial charge >= 0.3 is 12.1 Å². The molecule has 0 heterocycles. The zero-order valence-electron chi connectivity index (χ0n) is 24.0. The number of hydrogen-bond donors (Lipinski definition) is 2. The van der Waals surface area contributed by atoms with Crippen LogP contribution in [-0.4, -0.2) is 47.8 Å². The number of benzene rings is 3. The van der Waals surface area contributed by atoms with Crippen LogP contribution in [0.3, 0.4) is 0 Å². The van der Waals surface area contributed by atoms with Crippen LogP contribution in [0.25, 0.3) is 17.2 Å². The predicted molar refractivity (Wildman–Crippen MR) is 177 cm³/mol. The van der Waals surface area contributed by atoms with Gasteiger partial charge in [-0.2, -0.15) is 0 Å². The summed E-state index contributed by atoms with van der Waals surface area (Å²) in [5, 5.41) is 8.95. The third-order valence-electron chi connectivity index (χ3n) is 7.21. The first-order valence-corrected chi connectivity index (χ1v) is 15.9. The highest BCUT2D eigenvalue weighted by Gasteiger charge is 2.29. The van der Waals surface area contributed by atoms with Crippen LogP contribution in [0.15, 0.2) is 78.9 Å². The van der Waals surface area contributed by atoms with Gasteiger partial charge in [0, 0.05) is 58.5 Å². The molecule has 0 aliphatic heterocycles. The van der Waals surface area contributed by atoms with Gasteiger partial charge in [-0.3, -0.25) is 8.32 Å². The van der Waals surface area contributed by atoms with Gasteiger partial charge < -0.3 is 19.6 Å². The van der Waals surface area contributed by atoms with Crippen LogP contribution >= 0.6 is 21.0 Å². The third-order valence-corrected chi connectivity index (χ3v) is 9.78. The van der Waals surface area contributed by atoms with Gasteiger partial charge in [-0.25, -0.2) is 9.59 Å². The van der Waals surface area contributed by atoms with Crippen molar-refractivity contribution >= 4 is 59.9 Å². The highest BCUT2D eigenvalue weighted by atomic mass is 127. The molecule has 0 saturated heterocycles. The van der Waals surface area contributed by atoms with Crippen LogP contribution in [0.4, 0.5) is 16.2 Å². The molecule has 1 aliphatic rings. The lowest BCUT2D eigenvalue weighted by atomic mass is 9.88. The Kier molecular flexibility index (Phi) is 10.9. The number of anilines is 2. The molecular formula is C33H36IN3O5. The Bertz CT molecular complexity index is 1460. The quantitative estimate of drug-likeness (QED) is 0.114. The van der Waals surface area contributed by atoms with E-state index in [1.165, 1.54) is 16.7 Å². The van der Waals surface area contributed by atoms with Gasteiger partial charge in [-0.05, 0) is 81.8 Å². The van der Waals surface area contributed by atoms with Crippen molar-refractivity contribution < 1.29 is 24.2 Å². The van der Waals surface area contributed by atoms with E-state index in [1.54, 1.807) is 6.08 Å². The minimum Gasteiger partial charge on any atom is -0.466 e. The number of hydrogen-bond acceptors (Lipinski definition) is 5. The van der Waals surface area contributed by atoms with Gasteiger partial charge in [0.25, 0.3) is 0 Å². The first-order chi connectivity index (χ1) is 20.2. The number of methoxy groups -OCH3 is 1. The van der Waals surface area contributed by atoms with Crippen molar-refractivity contribution in [3.8, 4) is 11.1 Å². The third kappa shape index (κ3) is 8.51. The highest BCUT2D eigenvalue weighted by molar-refractivity contribution is 14.2. The maximum absolute atomic E-state index is 14.0. The zero-order chi connectivity index (χ0) is 30.1. The normalized spacial score (nSPS) is 14.8. The minimum absolute atomic E-state index is 0.0518. The Hall–Kier alpha value is -3.99. The molecule has 0 atom stereocenters. The number of nitrogens with one attached hydrogen (secondary N) is 1. The number of nitrogens with zero attached hydrogens (tertiary/aromatic N) is 2. The van der Waals surface area contributed by atoms with Crippen LogP contribution in [-0.2, 0) is 20.9 Å². The van der Waals surface area contributed by atoms with E-state index in [4.69, 9.17) is 9.84 Å². The minimum atomic E-state index is -0.989. The summed E-state index contributed by atoms with van der Waals surface area (Å²) in [6.07, 6.45) is 4.99. The first kappa shape index (κ1) is 31.0. The van der Waals surface area contributed by atoms with E-state index < -0.39 is 33.1 Å². The van der Waals surface area contributed by atoms with Crippen LogP contribution in [0.5, 0.6) is 0 Å². The highest BCUT2D eigenvalue weighted by Crippen LogP contribution is 2.31. The summed E-state index contributed by atoms with van der Waals surface area (Å²) >= 11 is -0.727. The smallest absolute Gasteiger partial charge is 0.413 e. The van der Waals surface area contributed by atoms with Crippen LogP contribution in [0.1, 0.15) is 36.8 Å². The number of carboxylic acid groups (broad SMARTS) is 1. The Balaban J connectivity index is 1.57. The fourth-order valence-electron chi connectivity index (χ4n) is 4.86. The molecule has 1 saturated carbocycles. The molecule has 0 radical (unpaired) electrons.